The van der Waals surface area contributed by atoms with Crippen LogP contribution >= 0.6 is 0 Å². The number of nitro benzene ring substituents is 1. The summed E-state index contributed by atoms with van der Waals surface area (Å²) in [6, 6.07) is 4.92. The maximum Gasteiger partial charge on any atom is 0.272 e. The zero-order valence-corrected chi connectivity index (χ0v) is 12.9. The summed E-state index contributed by atoms with van der Waals surface area (Å²) in [5.41, 5.74) is 0.301. The number of non-ortho nitro benzene ring substituents is 1. The van der Waals surface area contributed by atoms with E-state index in [9.17, 15) is 14.5 Å². The van der Waals surface area contributed by atoms with Gasteiger partial charge in [0.05, 0.1) is 16.4 Å². The van der Waals surface area contributed by atoms with Crippen molar-refractivity contribution in [3.8, 4) is 11.6 Å². The van der Waals surface area contributed by atoms with Crippen LogP contribution in [0.1, 0.15) is 13.8 Å². The molecule has 0 saturated heterocycles. The van der Waals surface area contributed by atoms with Crippen LogP contribution in [0.4, 0.5) is 10.1 Å². The van der Waals surface area contributed by atoms with E-state index in [4.69, 9.17) is 4.74 Å². The van der Waals surface area contributed by atoms with E-state index in [1.54, 1.807) is 16.8 Å². The van der Waals surface area contributed by atoms with Crippen LogP contribution in [0.15, 0.2) is 36.8 Å². The number of aromatic nitrogens is 3. The molecule has 2 aromatic heterocycles. The molecule has 0 aliphatic heterocycles. The Kier molecular flexibility index (Phi) is 4.85. The first-order valence-corrected chi connectivity index (χ1v) is 6.94. The lowest BCUT2D eigenvalue weighted by Crippen LogP contribution is -1.95. The van der Waals surface area contributed by atoms with Crippen LogP contribution in [-0.4, -0.2) is 19.5 Å². The first kappa shape index (κ1) is 16.3. The van der Waals surface area contributed by atoms with Crippen molar-refractivity contribution in [3.05, 3.63) is 52.7 Å². The Balaban J connectivity index is 0.000000924. The largest absolute Gasteiger partial charge is 0.435 e. The Bertz CT molecular complexity index is 848. The highest BCUT2D eigenvalue weighted by Crippen LogP contribution is 2.30. The molecule has 0 fully saturated rings. The van der Waals surface area contributed by atoms with E-state index in [-0.39, 0.29) is 17.3 Å². The molecule has 120 valence electrons. The maximum atomic E-state index is 13.8. The predicted octanol–water partition coefficient (Wildman–Crippen LogP) is 3.83. The highest BCUT2D eigenvalue weighted by molar-refractivity contribution is 5.81. The molecular weight excluding hydrogens is 303 g/mol. The minimum absolute atomic E-state index is 0.135. The quantitative estimate of drug-likeness (QED) is 0.541. The third-order valence-corrected chi connectivity index (χ3v) is 2.96. The van der Waals surface area contributed by atoms with Gasteiger partial charge in [0.25, 0.3) is 5.69 Å². The van der Waals surface area contributed by atoms with Crippen molar-refractivity contribution in [2.24, 2.45) is 7.05 Å². The van der Waals surface area contributed by atoms with Gasteiger partial charge >= 0.3 is 0 Å². The van der Waals surface area contributed by atoms with Crippen molar-refractivity contribution in [2.75, 3.05) is 0 Å². The Morgan fingerprint density at radius 1 is 1.26 bits per heavy atom. The maximum absolute atomic E-state index is 13.8. The predicted molar refractivity (Wildman–Crippen MR) is 83.0 cm³/mol. The number of fused-ring (bicyclic) bond motifs is 1. The van der Waals surface area contributed by atoms with Gasteiger partial charge in [-0.05, 0) is 12.1 Å². The minimum Gasteiger partial charge on any atom is -0.435 e. The summed E-state index contributed by atoms with van der Waals surface area (Å²) in [6.07, 6.45) is 3.08. The first-order chi connectivity index (χ1) is 11.1. The molecule has 0 amide bonds. The molecule has 0 radical (unpaired) electrons. The Hall–Kier alpha value is -3.03. The lowest BCUT2D eigenvalue weighted by molar-refractivity contribution is -0.385. The molecule has 7 nitrogen and oxygen atoms in total. The van der Waals surface area contributed by atoms with Crippen LogP contribution in [-0.2, 0) is 7.05 Å². The van der Waals surface area contributed by atoms with Crippen molar-refractivity contribution in [3.63, 3.8) is 0 Å². The van der Waals surface area contributed by atoms with Crippen LogP contribution < -0.4 is 4.74 Å². The molecule has 2 heterocycles. The number of ether oxygens (including phenoxy) is 1. The lowest BCUT2D eigenvalue weighted by atomic mass is 10.3. The highest BCUT2D eigenvalue weighted by atomic mass is 19.1. The molecule has 0 atom stereocenters. The zero-order valence-electron chi connectivity index (χ0n) is 12.9. The fraction of sp³-hybridized carbons (Fsp3) is 0.200. The molecule has 0 bridgehead atoms. The Labute approximate surface area is 131 Å². The summed E-state index contributed by atoms with van der Waals surface area (Å²) in [4.78, 5) is 18.0. The SMILES string of the molecule is CC.Cn1ccc2c(Oc3ccc([N+](=O)[O-])cc3F)ncnc21. The van der Waals surface area contributed by atoms with Crippen LogP contribution in [0, 0.1) is 15.9 Å². The van der Waals surface area contributed by atoms with Crippen LogP contribution in [0.5, 0.6) is 11.6 Å². The third kappa shape index (κ3) is 3.25. The van der Waals surface area contributed by atoms with E-state index in [1.807, 2.05) is 20.9 Å². The van der Waals surface area contributed by atoms with Gasteiger partial charge in [0.2, 0.25) is 5.88 Å². The van der Waals surface area contributed by atoms with Gasteiger partial charge in [-0.3, -0.25) is 10.1 Å². The molecular formula is C15H15FN4O3. The van der Waals surface area contributed by atoms with Gasteiger partial charge in [-0.1, -0.05) is 13.8 Å². The molecule has 1 aromatic carbocycles. The van der Waals surface area contributed by atoms with Crippen LogP contribution in [0.3, 0.4) is 0 Å². The Morgan fingerprint density at radius 2 is 2.00 bits per heavy atom. The monoisotopic (exact) mass is 318 g/mol. The molecule has 0 saturated carbocycles. The van der Waals surface area contributed by atoms with Gasteiger partial charge in [-0.25, -0.2) is 14.4 Å². The summed E-state index contributed by atoms with van der Waals surface area (Å²) in [6.45, 7) is 4.00. The number of halogens is 1. The van der Waals surface area contributed by atoms with E-state index in [0.717, 1.165) is 6.07 Å². The van der Waals surface area contributed by atoms with E-state index in [0.29, 0.717) is 11.0 Å². The van der Waals surface area contributed by atoms with E-state index < -0.39 is 10.7 Å². The summed E-state index contributed by atoms with van der Waals surface area (Å²) in [5, 5.41) is 11.2. The second-order valence-electron chi connectivity index (χ2n) is 4.32. The van der Waals surface area contributed by atoms with Crippen molar-refractivity contribution >= 4 is 16.7 Å². The zero-order chi connectivity index (χ0) is 17.0. The van der Waals surface area contributed by atoms with E-state index in [1.165, 1.54) is 18.5 Å². The molecule has 0 aliphatic carbocycles. The molecule has 23 heavy (non-hydrogen) atoms. The third-order valence-electron chi connectivity index (χ3n) is 2.96. The lowest BCUT2D eigenvalue weighted by Gasteiger charge is -2.06. The van der Waals surface area contributed by atoms with Gasteiger partial charge < -0.3 is 9.30 Å². The number of hydrogen-bond acceptors (Lipinski definition) is 5. The topological polar surface area (TPSA) is 83.1 Å². The molecule has 3 aromatic rings. The fourth-order valence-corrected chi connectivity index (χ4v) is 1.93. The average molecular weight is 318 g/mol. The average Bonchev–Trinajstić information content (AvgIpc) is 2.93. The summed E-state index contributed by atoms with van der Waals surface area (Å²) in [5.74, 6) is -0.773. The summed E-state index contributed by atoms with van der Waals surface area (Å²) < 4.78 is 21.0. The molecule has 3 rings (SSSR count). The fourth-order valence-electron chi connectivity index (χ4n) is 1.93. The molecule has 0 unspecified atom stereocenters. The number of hydrogen-bond donors (Lipinski definition) is 0. The molecule has 8 heteroatoms. The number of rotatable bonds is 3. The summed E-state index contributed by atoms with van der Waals surface area (Å²) >= 11 is 0. The van der Waals surface area contributed by atoms with Crippen molar-refractivity contribution < 1.29 is 14.1 Å². The molecule has 0 N–H and O–H groups in total. The van der Waals surface area contributed by atoms with Crippen molar-refractivity contribution in [2.45, 2.75) is 13.8 Å². The van der Waals surface area contributed by atoms with Gasteiger partial charge in [0.1, 0.15) is 12.0 Å². The normalized spacial score (nSPS) is 10.1. The van der Waals surface area contributed by atoms with Gasteiger partial charge in [0.15, 0.2) is 11.6 Å². The van der Waals surface area contributed by atoms with Gasteiger partial charge in [0, 0.05) is 19.3 Å². The van der Waals surface area contributed by atoms with Crippen LogP contribution in [0.25, 0.3) is 11.0 Å². The number of nitrogens with zero attached hydrogens (tertiary/aromatic N) is 4. The Morgan fingerprint density at radius 3 is 2.65 bits per heavy atom. The second kappa shape index (κ2) is 6.82. The van der Waals surface area contributed by atoms with Gasteiger partial charge in [-0.15, -0.1) is 0 Å². The summed E-state index contributed by atoms with van der Waals surface area (Å²) in [7, 11) is 1.81. The van der Waals surface area contributed by atoms with Crippen LogP contribution in [0.2, 0.25) is 0 Å². The smallest absolute Gasteiger partial charge is 0.272 e. The standard InChI is InChI=1S/C13H9FN4O3.C2H6/c1-17-5-4-9-12(17)15-7-16-13(9)21-11-3-2-8(18(19)20)6-10(11)14;1-2/h2-7H,1H3;1-2H3. The number of benzene rings is 1. The number of aryl methyl sites for hydroxylation is 1. The molecule has 0 spiro atoms. The minimum atomic E-state index is -0.827. The van der Waals surface area contributed by atoms with E-state index in [2.05, 4.69) is 9.97 Å². The molecule has 0 aliphatic rings. The second-order valence-corrected chi connectivity index (χ2v) is 4.32. The van der Waals surface area contributed by atoms with E-state index >= 15 is 0 Å². The highest BCUT2D eigenvalue weighted by Gasteiger charge is 2.15. The first-order valence-electron chi connectivity index (χ1n) is 6.94. The van der Waals surface area contributed by atoms with Crippen molar-refractivity contribution in [1.82, 2.24) is 14.5 Å². The van der Waals surface area contributed by atoms with Crippen molar-refractivity contribution in [1.29, 1.82) is 0 Å². The number of nitro groups is 1. The van der Waals surface area contributed by atoms with Gasteiger partial charge in [-0.2, -0.15) is 0 Å².